The second-order valence-electron chi connectivity index (χ2n) is 6.08. The van der Waals surface area contributed by atoms with Gasteiger partial charge in [-0.05, 0) is 56.9 Å². The van der Waals surface area contributed by atoms with Crippen molar-refractivity contribution in [3.05, 3.63) is 35.4 Å². The molecule has 1 aromatic carbocycles. The molecule has 0 spiro atoms. The third-order valence-corrected chi connectivity index (χ3v) is 4.29. The summed E-state index contributed by atoms with van der Waals surface area (Å²) in [6, 6.07) is 9.80. The number of nitrogens with zero attached hydrogens (tertiary/aromatic N) is 1. The van der Waals surface area contributed by atoms with E-state index in [1.165, 1.54) is 17.5 Å². The van der Waals surface area contributed by atoms with Crippen LogP contribution in [0.1, 0.15) is 37.3 Å². The Morgan fingerprint density at radius 1 is 1.10 bits per heavy atom. The molecular weight excluding hydrogens is 260 g/mol. The second-order valence-corrected chi connectivity index (χ2v) is 6.08. The summed E-state index contributed by atoms with van der Waals surface area (Å²) in [7, 11) is 2.23. The van der Waals surface area contributed by atoms with Gasteiger partial charge in [0.25, 0.3) is 0 Å². The van der Waals surface area contributed by atoms with Gasteiger partial charge >= 0.3 is 0 Å². The highest BCUT2D eigenvalue weighted by molar-refractivity contribution is 5.22. The van der Waals surface area contributed by atoms with Crippen LogP contribution in [0.3, 0.4) is 0 Å². The highest BCUT2D eigenvalue weighted by Gasteiger charge is 2.18. The van der Waals surface area contributed by atoms with E-state index in [0.29, 0.717) is 6.04 Å². The van der Waals surface area contributed by atoms with Crippen molar-refractivity contribution in [3.8, 4) is 0 Å². The summed E-state index contributed by atoms with van der Waals surface area (Å²) in [5, 5.41) is 3.45. The lowest BCUT2D eigenvalue weighted by atomic mass is 10.1. The van der Waals surface area contributed by atoms with E-state index >= 15 is 0 Å². The van der Waals surface area contributed by atoms with E-state index in [4.69, 9.17) is 4.74 Å². The molecule has 0 aliphatic carbocycles. The van der Waals surface area contributed by atoms with Crippen LogP contribution in [0.2, 0.25) is 0 Å². The van der Waals surface area contributed by atoms with Gasteiger partial charge in [-0.15, -0.1) is 0 Å². The van der Waals surface area contributed by atoms with Gasteiger partial charge in [0.1, 0.15) is 0 Å². The van der Waals surface area contributed by atoms with E-state index in [1.54, 1.807) is 0 Å². The van der Waals surface area contributed by atoms with Crippen molar-refractivity contribution >= 4 is 0 Å². The Morgan fingerprint density at radius 2 is 1.76 bits per heavy atom. The first-order valence-corrected chi connectivity index (χ1v) is 8.36. The second kappa shape index (κ2) is 9.19. The van der Waals surface area contributed by atoms with Crippen LogP contribution in [-0.4, -0.2) is 44.3 Å². The summed E-state index contributed by atoms with van der Waals surface area (Å²) in [6.45, 7) is 7.27. The van der Waals surface area contributed by atoms with Gasteiger partial charge in [-0.2, -0.15) is 0 Å². The largest absolute Gasteiger partial charge is 0.381 e. The van der Waals surface area contributed by atoms with Gasteiger partial charge in [0.15, 0.2) is 0 Å². The van der Waals surface area contributed by atoms with E-state index in [1.807, 2.05) is 0 Å². The van der Waals surface area contributed by atoms with Crippen molar-refractivity contribution in [3.63, 3.8) is 0 Å². The normalized spacial score (nSPS) is 16.5. The Balaban J connectivity index is 1.75. The number of nitrogens with one attached hydrogen (secondary N) is 1. The van der Waals surface area contributed by atoms with Crippen LogP contribution < -0.4 is 5.32 Å². The predicted octanol–water partition coefficient (Wildman–Crippen LogP) is 2.84. The zero-order chi connectivity index (χ0) is 14.9. The quantitative estimate of drug-likeness (QED) is 0.745. The number of benzene rings is 1. The standard InChI is InChI=1S/C18H30N2O/c1-3-11-19-12-8-16-4-6-17(7-5-16)15-20(2)18-9-13-21-14-10-18/h4-7,18-19H,3,8-15H2,1-2H3. The zero-order valence-electron chi connectivity index (χ0n) is 13.6. The number of ether oxygens (including phenoxy) is 1. The van der Waals surface area contributed by atoms with E-state index in [9.17, 15) is 0 Å². The molecule has 1 aliphatic rings. The molecule has 0 unspecified atom stereocenters. The van der Waals surface area contributed by atoms with Gasteiger partial charge < -0.3 is 10.1 Å². The first-order chi connectivity index (χ1) is 10.3. The van der Waals surface area contributed by atoms with Gasteiger partial charge in [-0.1, -0.05) is 31.2 Å². The lowest BCUT2D eigenvalue weighted by molar-refractivity contribution is 0.0407. The highest BCUT2D eigenvalue weighted by atomic mass is 16.5. The Hall–Kier alpha value is -0.900. The van der Waals surface area contributed by atoms with Crippen LogP contribution in [0.5, 0.6) is 0 Å². The SMILES string of the molecule is CCCNCCc1ccc(CN(C)C2CCOCC2)cc1. The zero-order valence-corrected chi connectivity index (χ0v) is 13.6. The maximum atomic E-state index is 5.44. The van der Waals surface area contributed by atoms with Gasteiger partial charge in [0.2, 0.25) is 0 Å². The fraction of sp³-hybridized carbons (Fsp3) is 0.667. The molecule has 0 amide bonds. The minimum Gasteiger partial charge on any atom is -0.381 e. The lowest BCUT2D eigenvalue weighted by Crippen LogP contribution is -2.36. The molecule has 0 atom stereocenters. The molecule has 0 bridgehead atoms. The van der Waals surface area contributed by atoms with Gasteiger partial charge in [0, 0.05) is 25.8 Å². The van der Waals surface area contributed by atoms with Crippen LogP contribution in [0.15, 0.2) is 24.3 Å². The monoisotopic (exact) mass is 290 g/mol. The van der Waals surface area contributed by atoms with Crippen LogP contribution in [-0.2, 0) is 17.7 Å². The molecule has 1 aromatic rings. The molecular formula is C18H30N2O. The summed E-state index contributed by atoms with van der Waals surface area (Å²) in [4.78, 5) is 2.47. The van der Waals surface area contributed by atoms with Crippen molar-refractivity contribution in [2.24, 2.45) is 0 Å². The molecule has 3 heteroatoms. The first kappa shape index (κ1) is 16.5. The fourth-order valence-electron chi connectivity index (χ4n) is 2.89. The minimum atomic E-state index is 0.677. The topological polar surface area (TPSA) is 24.5 Å². The molecule has 3 nitrogen and oxygen atoms in total. The van der Waals surface area contributed by atoms with Gasteiger partial charge in [0.05, 0.1) is 0 Å². The summed E-state index contributed by atoms with van der Waals surface area (Å²) >= 11 is 0. The Kier molecular flexibility index (Phi) is 7.20. The summed E-state index contributed by atoms with van der Waals surface area (Å²) in [5.41, 5.74) is 2.84. The van der Waals surface area contributed by atoms with Crippen molar-refractivity contribution in [2.75, 3.05) is 33.4 Å². The van der Waals surface area contributed by atoms with E-state index in [2.05, 4.69) is 48.5 Å². The molecule has 2 rings (SSSR count). The average Bonchev–Trinajstić information content (AvgIpc) is 2.54. The molecule has 1 heterocycles. The average molecular weight is 290 g/mol. The molecule has 1 saturated heterocycles. The first-order valence-electron chi connectivity index (χ1n) is 8.36. The Morgan fingerprint density at radius 3 is 2.43 bits per heavy atom. The molecule has 0 aromatic heterocycles. The molecule has 0 saturated carbocycles. The number of hydrogen-bond donors (Lipinski definition) is 1. The van der Waals surface area contributed by atoms with Gasteiger partial charge in [-0.25, -0.2) is 0 Å². The third kappa shape index (κ3) is 5.77. The van der Waals surface area contributed by atoms with Crippen molar-refractivity contribution < 1.29 is 4.74 Å². The molecule has 1 N–H and O–H groups in total. The van der Waals surface area contributed by atoms with E-state index < -0.39 is 0 Å². The molecule has 1 fully saturated rings. The Bertz CT molecular complexity index is 385. The fourth-order valence-corrected chi connectivity index (χ4v) is 2.89. The highest BCUT2D eigenvalue weighted by Crippen LogP contribution is 2.16. The summed E-state index contributed by atoms with van der Waals surface area (Å²) in [6.07, 6.45) is 4.66. The predicted molar refractivity (Wildman–Crippen MR) is 88.6 cm³/mol. The van der Waals surface area contributed by atoms with Crippen LogP contribution >= 0.6 is 0 Å². The molecule has 21 heavy (non-hydrogen) atoms. The Labute approximate surface area is 129 Å². The molecule has 1 aliphatic heterocycles. The lowest BCUT2D eigenvalue weighted by Gasteiger charge is -2.31. The van der Waals surface area contributed by atoms with E-state index in [0.717, 1.165) is 52.1 Å². The number of rotatable bonds is 8. The maximum absolute atomic E-state index is 5.44. The van der Waals surface area contributed by atoms with Crippen LogP contribution in [0, 0.1) is 0 Å². The van der Waals surface area contributed by atoms with E-state index in [-0.39, 0.29) is 0 Å². The van der Waals surface area contributed by atoms with Crippen molar-refractivity contribution in [1.82, 2.24) is 10.2 Å². The summed E-state index contributed by atoms with van der Waals surface area (Å²) < 4.78 is 5.44. The smallest absolute Gasteiger partial charge is 0.0480 e. The number of hydrogen-bond acceptors (Lipinski definition) is 3. The molecule has 0 radical (unpaired) electrons. The summed E-state index contributed by atoms with van der Waals surface area (Å²) in [5.74, 6) is 0. The van der Waals surface area contributed by atoms with Crippen molar-refractivity contribution in [1.29, 1.82) is 0 Å². The molecule has 118 valence electrons. The van der Waals surface area contributed by atoms with Gasteiger partial charge in [-0.3, -0.25) is 4.90 Å². The minimum absolute atomic E-state index is 0.677. The van der Waals surface area contributed by atoms with Crippen LogP contribution in [0.25, 0.3) is 0 Å². The van der Waals surface area contributed by atoms with Crippen molar-refractivity contribution in [2.45, 2.75) is 45.2 Å². The van der Waals surface area contributed by atoms with Crippen LogP contribution in [0.4, 0.5) is 0 Å². The maximum Gasteiger partial charge on any atom is 0.0480 e. The third-order valence-electron chi connectivity index (χ3n) is 4.29.